The molecule has 6 nitrogen and oxygen atoms in total. The summed E-state index contributed by atoms with van der Waals surface area (Å²) in [5.41, 5.74) is 7.28. The highest BCUT2D eigenvalue weighted by molar-refractivity contribution is 5.81. The topological polar surface area (TPSA) is 81.7 Å². The van der Waals surface area contributed by atoms with Crippen LogP contribution in [0.1, 0.15) is 19.8 Å². The van der Waals surface area contributed by atoms with Gasteiger partial charge in [0.25, 0.3) is 0 Å². The van der Waals surface area contributed by atoms with Crippen LogP contribution in [0.4, 0.5) is 5.82 Å². The van der Waals surface area contributed by atoms with Crippen molar-refractivity contribution in [2.24, 2.45) is 5.92 Å². The first-order valence-electron chi connectivity index (χ1n) is 6.38. The first-order chi connectivity index (χ1) is 8.74. The van der Waals surface area contributed by atoms with Gasteiger partial charge in [-0.05, 0) is 25.3 Å². The molecule has 3 N–H and O–H groups in total. The fourth-order valence-corrected chi connectivity index (χ4v) is 2.09. The van der Waals surface area contributed by atoms with Crippen LogP contribution < -0.4 is 11.1 Å². The van der Waals surface area contributed by atoms with Crippen LogP contribution in [0.2, 0.25) is 0 Å². The third-order valence-corrected chi connectivity index (χ3v) is 3.27. The lowest BCUT2D eigenvalue weighted by Gasteiger charge is -2.13. The summed E-state index contributed by atoms with van der Waals surface area (Å²) >= 11 is 0. The Labute approximate surface area is 106 Å². The van der Waals surface area contributed by atoms with E-state index in [4.69, 9.17) is 5.73 Å². The maximum absolute atomic E-state index is 5.77. The minimum atomic E-state index is 0.447. The van der Waals surface area contributed by atoms with E-state index in [-0.39, 0.29) is 0 Å². The Morgan fingerprint density at radius 3 is 3.06 bits per heavy atom. The maximum atomic E-state index is 5.77. The fraction of sp³-hybridized carbons (Fsp3) is 0.583. The average molecular weight is 246 g/mol. The molecule has 1 unspecified atom stereocenters. The summed E-state index contributed by atoms with van der Waals surface area (Å²) in [6.07, 6.45) is 5.93. The largest absolute Gasteiger partial charge is 0.382 e. The Kier molecular flexibility index (Phi) is 2.87. The molecular formula is C12H18N6. The molecule has 18 heavy (non-hydrogen) atoms. The number of hydrogen-bond acceptors (Lipinski definition) is 5. The Hall–Kier alpha value is -1.69. The van der Waals surface area contributed by atoms with Gasteiger partial charge in [-0.3, -0.25) is 0 Å². The Morgan fingerprint density at radius 1 is 1.44 bits per heavy atom. The molecule has 0 amide bonds. The van der Waals surface area contributed by atoms with Gasteiger partial charge in [0.2, 0.25) is 0 Å². The zero-order valence-corrected chi connectivity index (χ0v) is 10.5. The fourth-order valence-electron chi connectivity index (χ4n) is 2.09. The van der Waals surface area contributed by atoms with E-state index < -0.39 is 0 Å². The molecular weight excluding hydrogens is 228 g/mol. The average Bonchev–Trinajstić information content (AvgIpc) is 3.10. The van der Waals surface area contributed by atoms with Gasteiger partial charge < -0.3 is 15.6 Å². The standard InChI is InChI=1S/C12H18N6/c1-8(4-14-9-2-3-9)5-18-7-17-10-11(13)15-6-16-12(10)18/h6-9,14H,2-5H2,1H3,(H2,13,15,16). The van der Waals surface area contributed by atoms with Gasteiger partial charge in [0.15, 0.2) is 11.5 Å². The van der Waals surface area contributed by atoms with E-state index in [1.807, 2.05) is 4.57 Å². The van der Waals surface area contributed by atoms with Crippen LogP contribution in [-0.4, -0.2) is 32.1 Å². The summed E-state index contributed by atoms with van der Waals surface area (Å²) in [4.78, 5) is 12.5. The number of rotatable bonds is 5. The second kappa shape index (κ2) is 4.53. The molecule has 0 aromatic carbocycles. The van der Waals surface area contributed by atoms with Crippen LogP contribution in [-0.2, 0) is 6.54 Å². The van der Waals surface area contributed by atoms with E-state index in [0.717, 1.165) is 24.8 Å². The lowest BCUT2D eigenvalue weighted by atomic mass is 10.2. The lowest BCUT2D eigenvalue weighted by molar-refractivity contribution is 0.448. The summed E-state index contributed by atoms with van der Waals surface area (Å²) in [6, 6.07) is 0.755. The van der Waals surface area contributed by atoms with E-state index >= 15 is 0 Å². The molecule has 1 aliphatic rings. The molecule has 0 aliphatic heterocycles. The molecule has 2 aromatic heterocycles. The van der Waals surface area contributed by atoms with Crippen molar-refractivity contribution in [3.63, 3.8) is 0 Å². The predicted molar refractivity (Wildman–Crippen MR) is 69.9 cm³/mol. The normalized spacial score (nSPS) is 17.2. The van der Waals surface area contributed by atoms with Crippen LogP contribution in [0, 0.1) is 5.92 Å². The van der Waals surface area contributed by atoms with Crippen LogP contribution >= 0.6 is 0 Å². The van der Waals surface area contributed by atoms with Crippen LogP contribution in [0.3, 0.4) is 0 Å². The first kappa shape index (κ1) is 11.4. The van der Waals surface area contributed by atoms with Crippen molar-refractivity contribution in [2.75, 3.05) is 12.3 Å². The number of nitrogen functional groups attached to an aromatic ring is 1. The molecule has 1 aliphatic carbocycles. The molecule has 0 radical (unpaired) electrons. The third kappa shape index (κ3) is 2.28. The van der Waals surface area contributed by atoms with E-state index in [0.29, 0.717) is 17.3 Å². The van der Waals surface area contributed by atoms with Crippen molar-refractivity contribution in [3.05, 3.63) is 12.7 Å². The summed E-state index contributed by atoms with van der Waals surface area (Å²) in [6.45, 7) is 4.16. The highest BCUT2D eigenvalue weighted by Gasteiger charge is 2.21. The van der Waals surface area contributed by atoms with Crippen LogP contribution in [0.5, 0.6) is 0 Å². The molecule has 3 rings (SSSR count). The second-order valence-electron chi connectivity index (χ2n) is 5.12. The van der Waals surface area contributed by atoms with Crippen molar-refractivity contribution in [2.45, 2.75) is 32.4 Å². The van der Waals surface area contributed by atoms with Crippen molar-refractivity contribution in [1.82, 2.24) is 24.8 Å². The smallest absolute Gasteiger partial charge is 0.165 e. The van der Waals surface area contributed by atoms with Gasteiger partial charge in [-0.25, -0.2) is 15.0 Å². The molecule has 2 heterocycles. The SMILES string of the molecule is CC(CNC1CC1)Cn1cnc2c(N)ncnc21. The Morgan fingerprint density at radius 2 is 2.28 bits per heavy atom. The van der Waals surface area contributed by atoms with Gasteiger partial charge in [0.05, 0.1) is 6.33 Å². The molecule has 0 spiro atoms. The van der Waals surface area contributed by atoms with Gasteiger partial charge in [0, 0.05) is 12.6 Å². The molecule has 2 aromatic rings. The van der Waals surface area contributed by atoms with E-state index in [1.165, 1.54) is 19.2 Å². The summed E-state index contributed by atoms with van der Waals surface area (Å²) in [5, 5.41) is 3.54. The maximum Gasteiger partial charge on any atom is 0.165 e. The van der Waals surface area contributed by atoms with Crippen LogP contribution in [0.15, 0.2) is 12.7 Å². The predicted octanol–water partition coefficient (Wildman–Crippen LogP) is 0.797. The van der Waals surface area contributed by atoms with E-state index in [2.05, 4.69) is 27.2 Å². The molecule has 0 bridgehead atoms. The first-order valence-corrected chi connectivity index (χ1v) is 6.38. The van der Waals surface area contributed by atoms with Gasteiger partial charge in [-0.2, -0.15) is 0 Å². The van der Waals surface area contributed by atoms with E-state index in [1.54, 1.807) is 6.33 Å². The van der Waals surface area contributed by atoms with Gasteiger partial charge >= 0.3 is 0 Å². The molecule has 96 valence electrons. The molecule has 0 saturated heterocycles. The third-order valence-electron chi connectivity index (χ3n) is 3.27. The highest BCUT2D eigenvalue weighted by atomic mass is 15.1. The monoisotopic (exact) mass is 246 g/mol. The highest BCUT2D eigenvalue weighted by Crippen LogP contribution is 2.19. The Bertz CT molecular complexity index is 544. The molecule has 1 fully saturated rings. The number of anilines is 1. The minimum absolute atomic E-state index is 0.447. The number of imidazole rings is 1. The van der Waals surface area contributed by atoms with Gasteiger partial charge in [-0.15, -0.1) is 0 Å². The molecule has 1 atom stereocenters. The van der Waals surface area contributed by atoms with Crippen molar-refractivity contribution >= 4 is 17.0 Å². The van der Waals surface area contributed by atoms with Crippen molar-refractivity contribution in [1.29, 1.82) is 0 Å². The lowest BCUT2D eigenvalue weighted by Crippen LogP contribution is -2.25. The zero-order chi connectivity index (χ0) is 12.5. The minimum Gasteiger partial charge on any atom is -0.382 e. The number of fused-ring (bicyclic) bond motifs is 1. The van der Waals surface area contributed by atoms with Crippen molar-refractivity contribution in [3.8, 4) is 0 Å². The quantitative estimate of drug-likeness (QED) is 0.815. The molecule has 1 saturated carbocycles. The number of hydrogen-bond donors (Lipinski definition) is 2. The number of nitrogens with two attached hydrogens (primary N) is 1. The summed E-state index contributed by atoms with van der Waals surface area (Å²) in [7, 11) is 0. The van der Waals surface area contributed by atoms with Crippen molar-refractivity contribution < 1.29 is 0 Å². The Balaban J connectivity index is 1.71. The number of aromatic nitrogens is 4. The van der Waals surface area contributed by atoms with Gasteiger partial charge in [-0.1, -0.05) is 6.92 Å². The number of nitrogens with one attached hydrogen (secondary N) is 1. The summed E-state index contributed by atoms with van der Waals surface area (Å²) < 4.78 is 2.05. The second-order valence-corrected chi connectivity index (χ2v) is 5.12. The van der Waals surface area contributed by atoms with E-state index in [9.17, 15) is 0 Å². The van der Waals surface area contributed by atoms with Crippen LogP contribution in [0.25, 0.3) is 11.2 Å². The molecule has 6 heteroatoms. The number of nitrogens with zero attached hydrogens (tertiary/aromatic N) is 4. The summed E-state index contributed by atoms with van der Waals surface area (Å²) in [5.74, 6) is 0.988. The van der Waals surface area contributed by atoms with Gasteiger partial charge in [0.1, 0.15) is 11.8 Å². The zero-order valence-electron chi connectivity index (χ0n) is 10.5.